The minimum absolute atomic E-state index is 0. The molecule has 0 unspecified atom stereocenters. The Balaban J connectivity index is 0.000000810. The van der Waals surface area contributed by atoms with Crippen LogP contribution in [0, 0.1) is 5.95 Å². The van der Waals surface area contributed by atoms with E-state index in [0.717, 1.165) is 0 Å². The number of rotatable bonds is 1. The molecular formula is C5H7ClFN3. The molecule has 0 fully saturated rings. The van der Waals surface area contributed by atoms with Crippen molar-refractivity contribution in [1.29, 1.82) is 0 Å². The summed E-state index contributed by atoms with van der Waals surface area (Å²) in [7, 11) is 0. The highest BCUT2D eigenvalue weighted by Gasteiger charge is 1.90. The molecule has 0 amide bonds. The van der Waals surface area contributed by atoms with Crippen LogP contribution in [0.1, 0.15) is 0 Å². The number of nitrogens with one attached hydrogen (secondary N) is 1. The second-order valence-corrected chi connectivity index (χ2v) is 1.49. The smallest absolute Gasteiger partial charge is 0.214 e. The Labute approximate surface area is 63.8 Å². The molecule has 1 aromatic heterocycles. The van der Waals surface area contributed by atoms with E-state index in [2.05, 4.69) is 10.4 Å². The van der Waals surface area contributed by atoms with E-state index in [-0.39, 0.29) is 12.4 Å². The van der Waals surface area contributed by atoms with Gasteiger partial charge in [-0.1, -0.05) is 6.07 Å². The fourth-order valence-electron chi connectivity index (χ4n) is 0.489. The van der Waals surface area contributed by atoms with Gasteiger partial charge in [0.05, 0.1) is 0 Å². The normalized spacial score (nSPS) is 8.20. The van der Waals surface area contributed by atoms with Gasteiger partial charge in [0.25, 0.3) is 0 Å². The zero-order chi connectivity index (χ0) is 6.69. The van der Waals surface area contributed by atoms with Crippen LogP contribution in [0.25, 0.3) is 0 Å². The van der Waals surface area contributed by atoms with Crippen LogP contribution in [-0.2, 0) is 0 Å². The molecule has 0 aliphatic carbocycles. The molecule has 0 bridgehead atoms. The molecule has 0 aliphatic heterocycles. The molecule has 0 spiro atoms. The quantitative estimate of drug-likeness (QED) is 0.368. The molecule has 56 valence electrons. The topological polar surface area (TPSA) is 50.9 Å². The van der Waals surface area contributed by atoms with Crippen LogP contribution in [0.15, 0.2) is 18.2 Å². The highest BCUT2D eigenvalue weighted by atomic mass is 35.5. The van der Waals surface area contributed by atoms with Crippen molar-refractivity contribution in [2.24, 2.45) is 5.84 Å². The van der Waals surface area contributed by atoms with Crippen molar-refractivity contribution >= 4 is 18.2 Å². The molecule has 3 N–H and O–H groups in total. The Bertz CT molecular complexity index is 206. The number of nitrogens with zero attached hydrogens (tertiary/aromatic N) is 1. The summed E-state index contributed by atoms with van der Waals surface area (Å²) in [5.74, 6) is 4.73. The number of pyridine rings is 1. The fourth-order valence-corrected chi connectivity index (χ4v) is 0.489. The molecule has 0 saturated carbocycles. The third-order valence-electron chi connectivity index (χ3n) is 0.863. The van der Waals surface area contributed by atoms with Gasteiger partial charge in [-0.05, 0) is 12.1 Å². The predicted molar refractivity (Wildman–Crippen MR) is 39.3 cm³/mol. The van der Waals surface area contributed by atoms with Gasteiger partial charge >= 0.3 is 0 Å². The summed E-state index contributed by atoms with van der Waals surface area (Å²) in [5, 5.41) is 0. The van der Waals surface area contributed by atoms with E-state index in [1.54, 1.807) is 6.07 Å². The molecule has 0 saturated heterocycles. The van der Waals surface area contributed by atoms with Gasteiger partial charge in [-0.3, -0.25) is 0 Å². The van der Waals surface area contributed by atoms with Gasteiger partial charge in [0.2, 0.25) is 5.95 Å². The van der Waals surface area contributed by atoms with Gasteiger partial charge in [-0.15, -0.1) is 12.4 Å². The fraction of sp³-hybridized carbons (Fsp3) is 0. The summed E-state index contributed by atoms with van der Waals surface area (Å²) in [6.45, 7) is 0. The molecule has 0 atom stereocenters. The molecular weight excluding hydrogens is 157 g/mol. The molecule has 3 nitrogen and oxygen atoms in total. The second-order valence-electron chi connectivity index (χ2n) is 1.49. The maximum Gasteiger partial charge on any atom is 0.214 e. The predicted octanol–water partition coefficient (Wildman–Crippen LogP) is 0.928. The van der Waals surface area contributed by atoms with Crippen LogP contribution >= 0.6 is 12.4 Å². The van der Waals surface area contributed by atoms with E-state index < -0.39 is 5.95 Å². The van der Waals surface area contributed by atoms with Gasteiger partial charge in [0.1, 0.15) is 5.82 Å². The Morgan fingerprint density at radius 3 is 2.60 bits per heavy atom. The van der Waals surface area contributed by atoms with Crippen LogP contribution in [0.5, 0.6) is 0 Å². The Morgan fingerprint density at radius 2 is 2.20 bits per heavy atom. The first-order chi connectivity index (χ1) is 4.33. The van der Waals surface area contributed by atoms with Crippen LogP contribution in [0.2, 0.25) is 0 Å². The Morgan fingerprint density at radius 1 is 1.50 bits per heavy atom. The van der Waals surface area contributed by atoms with E-state index in [1.807, 2.05) is 0 Å². The lowest BCUT2D eigenvalue weighted by atomic mass is 10.5. The highest BCUT2D eigenvalue weighted by molar-refractivity contribution is 5.85. The molecule has 1 heterocycles. The van der Waals surface area contributed by atoms with Crippen LogP contribution in [0.3, 0.4) is 0 Å². The standard InChI is InChI=1S/C5H6FN3.ClH/c6-4-2-1-3-5(8-4)9-7;/h1-3H,7H2,(H,8,9);1H. The summed E-state index contributed by atoms with van der Waals surface area (Å²) >= 11 is 0. The van der Waals surface area contributed by atoms with Crippen LogP contribution in [-0.4, -0.2) is 4.98 Å². The largest absolute Gasteiger partial charge is 0.308 e. The number of aromatic nitrogens is 1. The Kier molecular flexibility index (Phi) is 3.68. The van der Waals surface area contributed by atoms with Crippen molar-refractivity contribution in [2.45, 2.75) is 0 Å². The van der Waals surface area contributed by atoms with E-state index in [1.165, 1.54) is 12.1 Å². The Hall–Kier alpha value is -0.870. The molecule has 1 aromatic rings. The molecule has 1 rings (SSSR count). The average Bonchev–Trinajstić information content (AvgIpc) is 1.88. The summed E-state index contributed by atoms with van der Waals surface area (Å²) in [6.07, 6.45) is 0. The van der Waals surface area contributed by atoms with Crippen LogP contribution < -0.4 is 11.3 Å². The summed E-state index contributed by atoms with van der Waals surface area (Å²) < 4.78 is 12.1. The average molecular weight is 164 g/mol. The SMILES string of the molecule is Cl.NNc1cccc(F)n1. The number of nitrogen functional groups attached to an aromatic ring is 1. The lowest BCUT2D eigenvalue weighted by Gasteiger charge is -1.94. The van der Waals surface area contributed by atoms with Gasteiger partial charge in [0, 0.05) is 0 Å². The lowest BCUT2D eigenvalue weighted by Crippen LogP contribution is -2.08. The van der Waals surface area contributed by atoms with Gasteiger partial charge in [-0.2, -0.15) is 4.39 Å². The summed E-state index contributed by atoms with van der Waals surface area (Å²) in [4.78, 5) is 3.39. The molecule has 5 heteroatoms. The van der Waals surface area contributed by atoms with Gasteiger partial charge in [0.15, 0.2) is 0 Å². The monoisotopic (exact) mass is 163 g/mol. The zero-order valence-electron chi connectivity index (χ0n) is 5.04. The van der Waals surface area contributed by atoms with Gasteiger partial charge < -0.3 is 5.43 Å². The van der Waals surface area contributed by atoms with Crippen molar-refractivity contribution in [3.63, 3.8) is 0 Å². The first-order valence-electron chi connectivity index (χ1n) is 2.42. The van der Waals surface area contributed by atoms with Crippen molar-refractivity contribution in [1.82, 2.24) is 4.98 Å². The molecule has 0 aromatic carbocycles. The van der Waals surface area contributed by atoms with Crippen molar-refractivity contribution < 1.29 is 4.39 Å². The second kappa shape index (κ2) is 4.03. The number of anilines is 1. The molecule has 10 heavy (non-hydrogen) atoms. The van der Waals surface area contributed by atoms with Crippen LogP contribution in [0.4, 0.5) is 10.2 Å². The maximum absolute atomic E-state index is 12.1. The minimum atomic E-state index is -0.537. The zero-order valence-corrected chi connectivity index (χ0v) is 5.86. The number of hydrogen-bond donors (Lipinski definition) is 2. The van der Waals surface area contributed by atoms with E-state index in [0.29, 0.717) is 5.82 Å². The van der Waals surface area contributed by atoms with E-state index >= 15 is 0 Å². The van der Waals surface area contributed by atoms with E-state index in [4.69, 9.17) is 5.84 Å². The lowest BCUT2D eigenvalue weighted by molar-refractivity contribution is 0.585. The number of halogens is 2. The third kappa shape index (κ3) is 2.16. The minimum Gasteiger partial charge on any atom is -0.308 e. The van der Waals surface area contributed by atoms with E-state index in [9.17, 15) is 4.39 Å². The van der Waals surface area contributed by atoms with Gasteiger partial charge in [-0.25, -0.2) is 10.8 Å². The number of hydrazine groups is 1. The number of hydrogen-bond acceptors (Lipinski definition) is 3. The molecule has 0 aliphatic rings. The van der Waals surface area contributed by atoms with Crippen molar-refractivity contribution in [2.75, 3.05) is 5.43 Å². The third-order valence-corrected chi connectivity index (χ3v) is 0.863. The molecule has 0 radical (unpaired) electrons. The first kappa shape index (κ1) is 9.13. The number of nitrogens with two attached hydrogens (primary N) is 1. The highest BCUT2D eigenvalue weighted by Crippen LogP contribution is 1.99. The summed E-state index contributed by atoms with van der Waals surface area (Å²) in [5.41, 5.74) is 2.22. The maximum atomic E-state index is 12.1. The van der Waals surface area contributed by atoms with Crippen molar-refractivity contribution in [3.8, 4) is 0 Å². The first-order valence-corrected chi connectivity index (χ1v) is 2.42. The summed E-state index contributed by atoms with van der Waals surface area (Å²) in [6, 6.07) is 4.35. The van der Waals surface area contributed by atoms with Crippen molar-refractivity contribution in [3.05, 3.63) is 24.1 Å².